The molecule has 0 aliphatic rings. The molecule has 0 fully saturated rings. The molecular formula is C12H14Br2FNO2. The van der Waals surface area contributed by atoms with Crippen LogP contribution in [0.3, 0.4) is 0 Å². The largest absolute Gasteiger partial charge is 0.383 e. The summed E-state index contributed by atoms with van der Waals surface area (Å²) in [6.07, 6.45) is 0. The molecule has 1 amide bonds. The molecular weight excluding hydrogens is 369 g/mol. The van der Waals surface area contributed by atoms with Crippen molar-refractivity contribution in [2.24, 2.45) is 0 Å². The number of halogens is 3. The molecule has 0 aliphatic carbocycles. The van der Waals surface area contributed by atoms with Gasteiger partial charge < -0.3 is 9.64 Å². The minimum absolute atomic E-state index is 0.0157. The molecule has 1 aromatic carbocycles. The Morgan fingerprint density at radius 2 is 2.22 bits per heavy atom. The van der Waals surface area contributed by atoms with Crippen molar-refractivity contribution < 1.29 is 13.9 Å². The maximum absolute atomic E-state index is 13.6. The molecule has 18 heavy (non-hydrogen) atoms. The number of hydrogen-bond acceptors (Lipinski definition) is 2. The van der Waals surface area contributed by atoms with Crippen LogP contribution in [-0.4, -0.2) is 42.9 Å². The summed E-state index contributed by atoms with van der Waals surface area (Å²) in [7, 11) is 3.22. The van der Waals surface area contributed by atoms with Gasteiger partial charge in [-0.1, -0.05) is 22.0 Å². The first-order chi connectivity index (χ1) is 8.47. The smallest absolute Gasteiger partial charge is 0.257 e. The van der Waals surface area contributed by atoms with Gasteiger partial charge in [-0.15, -0.1) is 0 Å². The van der Waals surface area contributed by atoms with E-state index in [1.807, 2.05) is 0 Å². The van der Waals surface area contributed by atoms with Crippen molar-refractivity contribution in [3.8, 4) is 0 Å². The highest BCUT2D eigenvalue weighted by atomic mass is 79.9. The van der Waals surface area contributed by atoms with Gasteiger partial charge in [-0.3, -0.25) is 4.79 Å². The molecule has 0 radical (unpaired) electrons. The molecule has 1 rings (SSSR count). The Hall–Kier alpha value is -0.460. The van der Waals surface area contributed by atoms with Crippen molar-refractivity contribution >= 4 is 37.8 Å². The summed E-state index contributed by atoms with van der Waals surface area (Å²) >= 11 is 6.58. The third kappa shape index (κ3) is 4.03. The van der Waals surface area contributed by atoms with Crippen LogP contribution in [0.4, 0.5) is 4.39 Å². The number of ether oxygens (including phenoxy) is 1. The van der Waals surface area contributed by atoms with E-state index in [2.05, 4.69) is 31.9 Å². The van der Waals surface area contributed by atoms with E-state index in [9.17, 15) is 9.18 Å². The van der Waals surface area contributed by atoms with Crippen molar-refractivity contribution in [3.63, 3.8) is 0 Å². The molecule has 0 bridgehead atoms. The average molecular weight is 383 g/mol. The van der Waals surface area contributed by atoms with E-state index >= 15 is 0 Å². The lowest BCUT2D eigenvalue weighted by Gasteiger charge is -2.21. The molecule has 1 atom stereocenters. The summed E-state index contributed by atoms with van der Waals surface area (Å²) in [5, 5.41) is 0. The van der Waals surface area contributed by atoms with Crippen LogP contribution in [0.25, 0.3) is 0 Å². The molecule has 0 saturated heterocycles. The van der Waals surface area contributed by atoms with Crippen LogP contribution in [0, 0.1) is 5.82 Å². The summed E-state index contributed by atoms with van der Waals surface area (Å²) in [5.74, 6) is -0.889. The standard InChI is InChI=1S/C12H14Br2FNO2/c1-16(6-8(13)7-18-2)12(17)11-9(14)4-3-5-10(11)15/h3-5,8H,6-7H2,1-2H3. The van der Waals surface area contributed by atoms with E-state index in [4.69, 9.17) is 4.74 Å². The van der Waals surface area contributed by atoms with E-state index in [1.54, 1.807) is 26.3 Å². The van der Waals surface area contributed by atoms with Crippen LogP contribution in [0.15, 0.2) is 22.7 Å². The Bertz CT molecular complexity index is 408. The Kier molecular flexibility index (Phi) is 6.25. The van der Waals surface area contributed by atoms with Crippen LogP contribution in [0.1, 0.15) is 10.4 Å². The van der Waals surface area contributed by atoms with E-state index < -0.39 is 5.82 Å². The normalized spacial score (nSPS) is 12.3. The highest BCUT2D eigenvalue weighted by Gasteiger charge is 2.20. The predicted molar refractivity (Wildman–Crippen MR) is 75.7 cm³/mol. The first-order valence-electron chi connectivity index (χ1n) is 5.29. The number of benzene rings is 1. The number of carbonyl (C=O) groups is 1. The number of methoxy groups -OCH3 is 1. The van der Waals surface area contributed by atoms with Crippen molar-refractivity contribution in [2.75, 3.05) is 27.3 Å². The quantitative estimate of drug-likeness (QED) is 0.732. The van der Waals surface area contributed by atoms with Crippen LogP contribution in [-0.2, 0) is 4.74 Å². The second-order valence-electron chi connectivity index (χ2n) is 3.83. The fourth-order valence-electron chi connectivity index (χ4n) is 1.51. The summed E-state index contributed by atoms with van der Waals surface area (Å²) in [6, 6.07) is 4.46. The molecule has 0 spiro atoms. The zero-order valence-electron chi connectivity index (χ0n) is 10.1. The molecule has 0 heterocycles. The summed E-state index contributed by atoms with van der Waals surface area (Å²) in [6.45, 7) is 0.920. The van der Waals surface area contributed by atoms with Crippen molar-refractivity contribution in [2.45, 2.75) is 4.83 Å². The average Bonchev–Trinajstić information content (AvgIpc) is 2.28. The monoisotopic (exact) mass is 381 g/mol. The number of carbonyl (C=O) groups excluding carboxylic acids is 1. The minimum atomic E-state index is -0.529. The molecule has 3 nitrogen and oxygen atoms in total. The van der Waals surface area contributed by atoms with Crippen molar-refractivity contribution in [1.29, 1.82) is 0 Å². The maximum atomic E-state index is 13.6. The Labute approximate surface area is 123 Å². The fourth-order valence-corrected chi connectivity index (χ4v) is 2.72. The lowest BCUT2D eigenvalue weighted by molar-refractivity contribution is 0.0778. The second-order valence-corrected chi connectivity index (χ2v) is 5.98. The highest BCUT2D eigenvalue weighted by Crippen LogP contribution is 2.21. The summed E-state index contributed by atoms with van der Waals surface area (Å²) < 4.78 is 19.1. The van der Waals surface area contributed by atoms with Gasteiger partial charge in [0.1, 0.15) is 5.82 Å². The molecule has 0 N–H and O–H groups in total. The number of nitrogens with zero attached hydrogens (tertiary/aromatic N) is 1. The second kappa shape index (κ2) is 7.21. The highest BCUT2D eigenvalue weighted by molar-refractivity contribution is 9.10. The van der Waals surface area contributed by atoms with Gasteiger partial charge in [-0.2, -0.15) is 0 Å². The number of amides is 1. The first-order valence-corrected chi connectivity index (χ1v) is 7.00. The van der Waals surface area contributed by atoms with E-state index in [0.29, 0.717) is 17.6 Å². The van der Waals surface area contributed by atoms with Gasteiger partial charge in [0.25, 0.3) is 5.91 Å². The number of alkyl halides is 1. The fraction of sp³-hybridized carbons (Fsp3) is 0.417. The lowest BCUT2D eigenvalue weighted by Crippen LogP contribution is -2.34. The topological polar surface area (TPSA) is 29.5 Å². The Morgan fingerprint density at radius 3 is 2.78 bits per heavy atom. The van der Waals surface area contributed by atoms with Gasteiger partial charge in [0, 0.05) is 25.2 Å². The first kappa shape index (κ1) is 15.6. The van der Waals surface area contributed by atoms with Gasteiger partial charge >= 0.3 is 0 Å². The molecule has 0 saturated carbocycles. The summed E-state index contributed by atoms with van der Waals surface area (Å²) in [5.41, 5.74) is 0.0529. The van der Waals surface area contributed by atoms with Crippen LogP contribution < -0.4 is 0 Å². The van der Waals surface area contributed by atoms with Gasteiger partial charge in [0.2, 0.25) is 0 Å². The maximum Gasteiger partial charge on any atom is 0.257 e. The molecule has 1 aromatic rings. The van der Waals surface area contributed by atoms with E-state index in [1.165, 1.54) is 11.0 Å². The van der Waals surface area contributed by atoms with E-state index in [-0.39, 0.29) is 16.3 Å². The molecule has 100 valence electrons. The van der Waals surface area contributed by atoms with Gasteiger partial charge in [0.15, 0.2) is 0 Å². The van der Waals surface area contributed by atoms with Crippen LogP contribution in [0.2, 0.25) is 0 Å². The van der Waals surface area contributed by atoms with E-state index in [0.717, 1.165) is 0 Å². The third-order valence-corrected chi connectivity index (χ3v) is 3.56. The van der Waals surface area contributed by atoms with Crippen molar-refractivity contribution in [1.82, 2.24) is 4.90 Å². The predicted octanol–water partition coefficient (Wildman–Crippen LogP) is 3.07. The van der Waals surface area contributed by atoms with Gasteiger partial charge in [0.05, 0.1) is 17.0 Å². The minimum Gasteiger partial charge on any atom is -0.383 e. The van der Waals surface area contributed by atoms with Crippen LogP contribution >= 0.6 is 31.9 Å². The van der Waals surface area contributed by atoms with Crippen LogP contribution in [0.5, 0.6) is 0 Å². The molecule has 1 unspecified atom stereocenters. The molecule has 6 heteroatoms. The summed E-state index contributed by atoms with van der Waals surface area (Å²) in [4.78, 5) is 13.6. The lowest BCUT2D eigenvalue weighted by atomic mass is 10.2. The third-order valence-electron chi connectivity index (χ3n) is 2.34. The SMILES string of the molecule is COCC(Br)CN(C)C(=O)c1c(F)cccc1Br. The van der Waals surface area contributed by atoms with Gasteiger partial charge in [-0.25, -0.2) is 4.39 Å². The zero-order valence-corrected chi connectivity index (χ0v) is 13.3. The number of rotatable bonds is 5. The zero-order chi connectivity index (χ0) is 13.7. The Balaban J connectivity index is 2.81. The Morgan fingerprint density at radius 1 is 1.56 bits per heavy atom. The molecule has 0 aromatic heterocycles. The van der Waals surface area contributed by atoms with Gasteiger partial charge in [-0.05, 0) is 28.1 Å². The van der Waals surface area contributed by atoms with Crippen molar-refractivity contribution in [3.05, 3.63) is 34.1 Å². The number of hydrogen-bond donors (Lipinski definition) is 0. The molecule has 0 aliphatic heterocycles.